The van der Waals surface area contributed by atoms with Crippen LogP contribution in [0.5, 0.6) is 0 Å². The van der Waals surface area contributed by atoms with Gasteiger partial charge in [-0.3, -0.25) is 4.55 Å². The Bertz CT molecular complexity index is 210. The molecule has 0 radical (unpaired) electrons. The van der Waals surface area contributed by atoms with Gasteiger partial charge < -0.3 is 5.11 Å². The Morgan fingerprint density at radius 3 is 2.08 bits per heavy atom. The highest BCUT2D eigenvalue weighted by atomic mass is 32.3. The summed E-state index contributed by atoms with van der Waals surface area (Å²) in [5.41, 5.74) is 0. The topological polar surface area (TPSA) is 83.8 Å². The number of rotatable bonds is 5. The lowest BCUT2D eigenvalue weighted by Gasteiger charge is -2.17. The smallest absolute Gasteiger partial charge is 0.390 e. The maximum Gasteiger partial charge on any atom is 0.397 e. The molecule has 0 aromatic heterocycles. The van der Waals surface area contributed by atoms with Crippen molar-refractivity contribution in [1.29, 1.82) is 0 Å². The van der Waals surface area contributed by atoms with E-state index in [1.165, 1.54) is 0 Å². The fraction of sp³-hybridized carbons (Fsp3) is 1.00. The van der Waals surface area contributed by atoms with Crippen LogP contribution >= 0.6 is 0 Å². The minimum Gasteiger partial charge on any atom is -0.390 e. The molecule has 0 saturated carbocycles. The van der Waals surface area contributed by atoms with Crippen LogP contribution in [-0.4, -0.2) is 30.3 Å². The van der Waals surface area contributed by atoms with E-state index >= 15 is 0 Å². The van der Waals surface area contributed by atoms with E-state index in [9.17, 15) is 13.5 Å². The average molecular weight is 198 g/mol. The van der Waals surface area contributed by atoms with E-state index in [0.29, 0.717) is 12.8 Å². The normalized spacial score (nSPS) is 17.3. The highest BCUT2D eigenvalue weighted by Gasteiger charge is 2.21. The fourth-order valence-corrected chi connectivity index (χ4v) is 1.40. The van der Waals surface area contributed by atoms with Crippen molar-refractivity contribution in [2.45, 2.75) is 38.9 Å². The molecule has 2 unspecified atom stereocenters. The predicted molar refractivity (Wildman–Crippen MR) is 43.0 cm³/mol. The summed E-state index contributed by atoms with van der Waals surface area (Å²) in [5.74, 6) is 0. The molecule has 12 heavy (non-hydrogen) atoms. The molecule has 0 bridgehead atoms. The lowest BCUT2D eigenvalue weighted by Crippen LogP contribution is -2.29. The zero-order chi connectivity index (χ0) is 9.78. The molecule has 0 aliphatic rings. The molecular weight excluding hydrogens is 184 g/mol. The molecule has 0 aliphatic carbocycles. The standard InChI is InChI=1S/C6H14O5S/c1-3-5(7)6(4-2)11-12(8,9)10/h5-7H,3-4H2,1-2H3,(H,8,9,10). The zero-order valence-corrected chi connectivity index (χ0v) is 7.91. The lowest BCUT2D eigenvalue weighted by molar-refractivity contribution is 0.0289. The minimum absolute atomic E-state index is 0.328. The molecule has 0 aromatic carbocycles. The molecule has 0 fully saturated rings. The van der Waals surface area contributed by atoms with Gasteiger partial charge in [0.2, 0.25) is 0 Å². The molecule has 2 N–H and O–H groups in total. The van der Waals surface area contributed by atoms with Crippen molar-refractivity contribution >= 4 is 10.4 Å². The maximum atomic E-state index is 10.2. The molecule has 0 aliphatic heterocycles. The zero-order valence-electron chi connectivity index (χ0n) is 7.10. The second-order valence-electron chi connectivity index (χ2n) is 2.45. The van der Waals surface area contributed by atoms with Gasteiger partial charge in [0.1, 0.15) is 6.10 Å². The number of aliphatic hydroxyl groups is 1. The van der Waals surface area contributed by atoms with Gasteiger partial charge in [-0.25, -0.2) is 4.18 Å². The van der Waals surface area contributed by atoms with E-state index in [1.807, 2.05) is 0 Å². The van der Waals surface area contributed by atoms with Gasteiger partial charge in [-0.05, 0) is 12.8 Å². The Morgan fingerprint density at radius 1 is 1.33 bits per heavy atom. The van der Waals surface area contributed by atoms with Crippen LogP contribution in [0.1, 0.15) is 26.7 Å². The van der Waals surface area contributed by atoms with E-state index in [-0.39, 0.29) is 0 Å². The molecule has 0 heterocycles. The largest absolute Gasteiger partial charge is 0.397 e. The fourth-order valence-electron chi connectivity index (χ4n) is 0.823. The summed E-state index contributed by atoms with van der Waals surface area (Å²) < 4.78 is 33.0. The first-order valence-electron chi connectivity index (χ1n) is 3.74. The van der Waals surface area contributed by atoms with E-state index < -0.39 is 22.6 Å². The third-order valence-corrected chi connectivity index (χ3v) is 1.99. The quantitative estimate of drug-likeness (QED) is 0.623. The maximum absolute atomic E-state index is 10.2. The summed E-state index contributed by atoms with van der Waals surface area (Å²) in [4.78, 5) is 0. The first kappa shape index (κ1) is 11.8. The Morgan fingerprint density at radius 2 is 1.83 bits per heavy atom. The molecule has 0 amide bonds. The molecule has 0 aromatic rings. The Labute approximate surface area is 72.3 Å². The van der Waals surface area contributed by atoms with Gasteiger partial charge in [0, 0.05) is 0 Å². The van der Waals surface area contributed by atoms with E-state index in [2.05, 4.69) is 4.18 Å². The van der Waals surface area contributed by atoms with Crippen LogP contribution < -0.4 is 0 Å². The predicted octanol–water partition coefficient (Wildman–Crippen LogP) is 0.355. The number of aliphatic hydroxyl groups excluding tert-OH is 1. The average Bonchev–Trinajstić information content (AvgIpc) is 1.97. The van der Waals surface area contributed by atoms with Gasteiger partial charge in [0.05, 0.1) is 6.10 Å². The molecule has 0 rings (SSSR count). The molecule has 74 valence electrons. The Balaban J connectivity index is 4.18. The lowest BCUT2D eigenvalue weighted by atomic mass is 10.1. The molecular formula is C6H14O5S. The van der Waals surface area contributed by atoms with Crippen molar-refractivity contribution in [3.63, 3.8) is 0 Å². The summed E-state index contributed by atoms with van der Waals surface area (Å²) >= 11 is 0. The van der Waals surface area contributed by atoms with Gasteiger partial charge in [-0.1, -0.05) is 13.8 Å². The van der Waals surface area contributed by atoms with E-state index in [1.54, 1.807) is 13.8 Å². The van der Waals surface area contributed by atoms with Crippen molar-refractivity contribution < 1.29 is 22.3 Å². The second kappa shape index (κ2) is 4.76. The third-order valence-electron chi connectivity index (χ3n) is 1.50. The highest BCUT2D eigenvalue weighted by Crippen LogP contribution is 2.09. The summed E-state index contributed by atoms with van der Waals surface area (Å²) in [7, 11) is -4.45. The van der Waals surface area contributed by atoms with Crippen LogP contribution in [0.15, 0.2) is 0 Å². The second-order valence-corrected chi connectivity index (χ2v) is 3.49. The summed E-state index contributed by atoms with van der Waals surface area (Å²) in [6.07, 6.45) is -1.01. The van der Waals surface area contributed by atoms with Crippen LogP contribution in [0.3, 0.4) is 0 Å². The first-order valence-corrected chi connectivity index (χ1v) is 5.11. The molecule has 2 atom stereocenters. The Hall–Kier alpha value is -0.170. The highest BCUT2D eigenvalue weighted by molar-refractivity contribution is 7.80. The van der Waals surface area contributed by atoms with Crippen molar-refractivity contribution in [2.24, 2.45) is 0 Å². The molecule has 0 saturated heterocycles. The van der Waals surface area contributed by atoms with Crippen LogP contribution in [0.25, 0.3) is 0 Å². The summed E-state index contributed by atoms with van der Waals surface area (Å²) in [5, 5.41) is 9.18. The van der Waals surface area contributed by atoms with Crippen molar-refractivity contribution in [1.82, 2.24) is 0 Å². The Kier molecular flexibility index (Phi) is 4.69. The van der Waals surface area contributed by atoms with Gasteiger partial charge in [-0.15, -0.1) is 0 Å². The molecule has 0 spiro atoms. The van der Waals surface area contributed by atoms with Gasteiger partial charge >= 0.3 is 10.4 Å². The SMILES string of the molecule is CCC(O)C(CC)OS(=O)(=O)O. The van der Waals surface area contributed by atoms with Crippen molar-refractivity contribution in [3.05, 3.63) is 0 Å². The van der Waals surface area contributed by atoms with E-state index in [0.717, 1.165) is 0 Å². The van der Waals surface area contributed by atoms with Crippen LogP contribution in [-0.2, 0) is 14.6 Å². The van der Waals surface area contributed by atoms with Crippen LogP contribution in [0, 0.1) is 0 Å². The monoisotopic (exact) mass is 198 g/mol. The molecule has 5 nitrogen and oxygen atoms in total. The van der Waals surface area contributed by atoms with Crippen LogP contribution in [0.2, 0.25) is 0 Å². The van der Waals surface area contributed by atoms with Crippen molar-refractivity contribution in [3.8, 4) is 0 Å². The summed E-state index contributed by atoms with van der Waals surface area (Å²) in [6.45, 7) is 3.36. The first-order chi connectivity index (χ1) is 5.40. The van der Waals surface area contributed by atoms with Gasteiger partial charge in [-0.2, -0.15) is 8.42 Å². The van der Waals surface area contributed by atoms with E-state index in [4.69, 9.17) is 4.55 Å². The number of hydrogen-bond acceptors (Lipinski definition) is 4. The minimum atomic E-state index is -4.45. The summed E-state index contributed by atoms with van der Waals surface area (Å²) in [6, 6.07) is 0. The van der Waals surface area contributed by atoms with Gasteiger partial charge in [0.25, 0.3) is 0 Å². The molecule has 6 heteroatoms. The number of hydrogen-bond donors (Lipinski definition) is 2. The third kappa shape index (κ3) is 4.66. The van der Waals surface area contributed by atoms with Crippen molar-refractivity contribution in [2.75, 3.05) is 0 Å². The van der Waals surface area contributed by atoms with Gasteiger partial charge in [0.15, 0.2) is 0 Å². The van der Waals surface area contributed by atoms with Crippen LogP contribution in [0.4, 0.5) is 0 Å².